The highest BCUT2D eigenvalue weighted by molar-refractivity contribution is 5.89. The highest BCUT2D eigenvalue weighted by Gasteiger charge is 2.17. The number of carbonyl (C=O) groups excluding carboxylic acids is 1. The standard InChI is InChI=1S/C13H17NO2.ClH/c1-2-16-13(15)10-4-3-9-5-6-12(14)8-11(9)7-10;/h3-4,7,12H,2,5-6,8,14H2,1H3;1H/t12-;/m1./s1. The van der Waals surface area contributed by atoms with Gasteiger partial charge in [-0.25, -0.2) is 4.79 Å². The fourth-order valence-corrected chi connectivity index (χ4v) is 2.13. The first-order valence-electron chi connectivity index (χ1n) is 5.75. The van der Waals surface area contributed by atoms with E-state index in [-0.39, 0.29) is 24.4 Å². The number of benzene rings is 1. The molecule has 0 bridgehead atoms. The van der Waals surface area contributed by atoms with Crippen molar-refractivity contribution in [2.75, 3.05) is 6.61 Å². The fourth-order valence-electron chi connectivity index (χ4n) is 2.13. The van der Waals surface area contributed by atoms with Crippen molar-refractivity contribution in [3.63, 3.8) is 0 Å². The van der Waals surface area contributed by atoms with Crippen LogP contribution in [-0.4, -0.2) is 18.6 Å². The lowest BCUT2D eigenvalue weighted by Gasteiger charge is -2.21. The predicted octanol–water partition coefficient (Wildman–Crippen LogP) is 2.10. The Labute approximate surface area is 108 Å². The molecule has 2 N–H and O–H groups in total. The molecular formula is C13H18ClNO2. The molecule has 0 unspecified atom stereocenters. The summed E-state index contributed by atoms with van der Waals surface area (Å²) in [6.45, 7) is 2.22. The van der Waals surface area contributed by atoms with Crippen LogP contribution in [0.4, 0.5) is 0 Å². The third kappa shape index (κ3) is 3.20. The molecule has 1 aliphatic rings. The lowest BCUT2D eigenvalue weighted by molar-refractivity contribution is 0.0526. The molecule has 4 heteroatoms. The van der Waals surface area contributed by atoms with Crippen LogP contribution in [0.25, 0.3) is 0 Å². The molecule has 17 heavy (non-hydrogen) atoms. The van der Waals surface area contributed by atoms with Crippen molar-refractivity contribution >= 4 is 18.4 Å². The van der Waals surface area contributed by atoms with Crippen molar-refractivity contribution in [1.82, 2.24) is 0 Å². The largest absolute Gasteiger partial charge is 0.462 e. The van der Waals surface area contributed by atoms with Crippen molar-refractivity contribution in [3.05, 3.63) is 34.9 Å². The van der Waals surface area contributed by atoms with Gasteiger partial charge in [-0.3, -0.25) is 0 Å². The summed E-state index contributed by atoms with van der Waals surface area (Å²) in [6, 6.07) is 6.01. The number of aryl methyl sites for hydroxylation is 1. The van der Waals surface area contributed by atoms with Gasteiger partial charge in [0.2, 0.25) is 0 Å². The van der Waals surface area contributed by atoms with Crippen LogP contribution >= 0.6 is 12.4 Å². The summed E-state index contributed by atoms with van der Waals surface area (Å²) >= 11 is 0. The average Bonchev–Trinajstić information content (AvgIpc) is 2.28. The van der Waals surface area contributed by atoms with Gasteiger partial charge in [-0.1, -0.05) is 6.07 Å². The van der Waals surface area contributed by atoms with E-state index in [1.807, 2.05) is 25.1 Å². The molecule has 1 aliphatic carbocycles. The number of fused-ring (bicyclic) bond motifs is 1. The minimum atomic E-state index is -0.246. The first-order chi connectivity index (χ1) is 7.70. The van der Waals surface area contributed by atoms with E-state index in [1.54, 1.807) is 0 Å². The second-order valence-corrected chi connectivity index (χ2v) is 4.21. The molecule has 3 nitrogen and oxygen atoms in total. The molecule has 0 aromatic heterocycles. The topological polar surface area (TPSA) is 52.3 Å². The molecule has 1 aromatic rings. The van der Waals surface area contributed by atoms with Crippen LogP contribution in [0.2, 0.25) is 0 Å². The number of ether oxygens (including phenoxy) is 1. The normalized spacial score (nSPS) is 17.9. The van der Waals surface area contributed by atoms with E-state index in [4.69, 9.17) is 10.5 Å². The number of carbonyl (C=O) groups is 1. The lowest BCUT2D eigenvalue weighted by Crippen LogP contribution is -2.28. The lowest BCUT2D eigenvalue weighted by atomic mass is 9.88. The molecule has 0 aliphatic heterocycles. The SMILES string of the molecule is CCOC(=O)c1ccc2c(c1)C[C@H](N)CC2.Cl. The summed E-state index contributed by atoms with van der Waals surface area (Å²) in [5, 5.41) is 0. The average molecular weight is 256 g/mol. The molecule has 0 saturated carbocycles. The van der Waals surface area contributed by atoms with Gasteiger partial charge in [-0.05, 0) is 49.4 Å². The van der Waals surface area contributed by atoms with Crippen LogP contribution in [0, 0.1) is 0 Å². The van der Waals surface area contributed by atoms with Crippen LogP contribution in [0.5, 0.6) is 0 Å². The van der Waals surface area contributed by atoms with Crippen LogP contribution in [0.3, 0.4) is 0 Å². The zero-order chi connectivity index (χ0) is 11.5. The zero-order valence-corrected chi connectivity index (χ0v) is 10.8. The Morgan fingerprint density at radius 2 is 2.24 bits per heavy atom. The Hall–Kier alpha value is -1.06. The van der Waals surface area contributed by atoms with Crippen molar-refractivity contribution in [1.29, 1.82) is 0 Å². The number of esters is 1. The maximum Gasteiger partial charge on any atom is 0.338 e. The highest BCUT2D eigenvalue weighted by Crippen LogP contribution is 2.22. The quantitative estimate of drug-likeness (QED) is 0.824. The minimum absolute atomic E-state index is 0. The number of hydrogen-bond acceptors (Lipinski definition) is 3. The molecule has 2 rings (SSSR count). The van der Waals surface area contributed by atoms with Gasteiger partial charge in [0.15, 0.2) is 0 Å². The number of halogens is 1. The molecule has 1 aromatic carbocycles. The summed E-state index contributed by atoms with van der Waals surface area (Å²) < 4.78 is 4.98. The second-order valence-electron chi connectivity index (χ2n) is 4.21. The Kier molecular flexibility index (Phi) is 4.97. The summed E-state index contributed by atoms with van der Waals surface area (Å²) in [6.07, 6.45) is 2.91. The van der Waals surface area contributed by atoms with Crippen molar-refractivity contribution < 1.29 is 9.53 Å². The smallest absolute Gasteiger partial charge is 0.338 e. The minimum Gasteiger partial charge on any atom is -0.462 e. The van der Waals surface area contributed by atoms with Crippen LogP contribution in [0.1, 0.15) is 34.8 Å². The van der Waals surface area contributed by atoms with Gasteiger partial charge < -0.3 is 10.5 Å². The van der Waals surface area contributed by atoms with Crippen molar-refractivity contribution in [2.45, 2.75) is 32.2 Å². The molecule has 0 heterocycles. The van der Waals surface area contributed by atoms with E-state index in [1.165, 1.54) is 11.1 Å². The third-order valence-corrected chi connectivity index (χ3v) is 2.98. The highest BCUT2D eigenvalue weighted by atomic mass is 35.5. The van der Waals surface area contributed by atoms with Crippen LogP contribution in [-0.2, 0) is 17.6 Å². The van der Waals surface area contributed by atoms with Gasteiger partial charge >= 0.3 is 5.97 Å². The van der Waals surface area contributed by atoms with Gasteiger partial charge in [-0.15, -0.1) is 12.4 Å². The molecule has 1 atom stereocenters. The van der Waals surface area contributed by atoms with E-state index in [9.17, 15) is 4.79 Å². The number of rotatable bonds is 2. The van der Waals surface area contributed by atoms with Crippen LogP contribution < -0.4 is 5.73 Å². The predicted molar refractivity (Wildman–Crippen MR) is 69.6 cm³/mol. The Morgan fingerprint density at radius 3 is 2.94 bits per heavy atom. The van der Waals surface area contributed by atoms with Crippen molar-refractivity contribution in [3.8, 4) is 0 Å². The molecule has 0 spiro atoms. The molecule has 0 fully saturated rings. The summed E-state index contributed by atoms with van der Waals surface area (Å²) in [4.78, 5) is 11.6. The molecule has 0 amide bonds. The maximum absolute atomic E-state index is 11.6. The summed E-state index contributed by atoms with van der Waals surface area (Å²) in [7, 11) is 0. The molecule has 0 radical (unpaired) electrons. The van der Waals surface area contributed by atoms with Gasteiger partial charge in [0, 0.05) is 6.04 Å². The van der Waals surface area contributed by atoms with E-state index >= 15 is 0 Å². The second kappa shape index (κ2) is 6.03. The van der Waals surface area contributed by atoms with Gasteiger partial charge in [0.25, 0.3) is 0 Å². The van der Waals surface area contributed by atoms with Gasteiger partial charge in [0.1, 0.15) is 0 Å². The van der Waals surface area contributed by atoms with E-state index in [2.05, 4.69) is 0 Å². The third-order valence-electron chi connectivity index (χ3n) is 2.98. The fraction of sp³-hybridized carbons (Fsp3) is 0.462. The summed E-state index contributed by atoms with van der Waals surface area (Å²) in [5.74, 6) is -0.246. The van der Waals surface area contributed by atoms with E-state index in [0.717, 1.165) is 19.3 Å². The molecule has 94 valence electrons. The zero-order valence-electron chi connectivity index (χ0n) is 9.94. The Morgan fingerprint density at radius 1 is 1.47 bits per heavy atom. The number of hydrogen-bond donors (Lipinski definition) is 1. The molecule has 0 saturated heterocycles. The van der Waals surface area contributed by atoms with Gasteiger partial charge in [-0.2, -0.15) is 0 Å². The van der Waals surface area contributed by atoms with Crippen LogP contribution in [0.15, 0.2) is 18.2 Å². The summed E-state index contributed by atoms with van der Waals surface area (Å²) in [5.41, 5.74) is 9.07. The molecular weight excluding hydrogens is 238 g/mol. The van der Waals surface area contributed by atoms with E-state index < -0.39 is 0 Å². The number of nitrogens with two attached hydrogens (primary N) is 1. The monoisotopic (exact) mass is 255 g/mol. The van der Waals surface area contributed by atoms with E-state index in [0.29, 0.717) is 12.2 Å². The first-order valence-corrected chi connectivity index (χ1v) is 5.75. The maximum atomic E-state index is 11.6. The first kappa shape index (κ1) is 14.0. The van der Waals surface area contributed by atoms with Gasteiger partial charge in [0.05, 0.1) is 12.2 Å². The van der Waals surface area contributed by atoms with Crippen molar-refractivity contribution in [2.24, 2.45) is 5.73 Å². The Balaban J connectivity index is 0.00000144. The Bertz CT molecular complexity index is 406.